The third kappa shape index (κ3) is 2.20. The number of nitriles is 1. The molecular weight excluding hydrogens is 254 g/mol. The Labute approximate surface area is 95.6 Å². The topological polar surface area (TPSA) is 49.6 Å². The second-order valence-electron chi connectivity index (χ2n) is 2.88. The molecule has 0 unspecified atom stereocenters. The molecule has 2 aromatic rings. The van der Waals surface area contributed by atoms with Crippen molar-refractivity contribution in [2.75, 3.05) is 0 Å². The van der Waals surface area contributed by atoms with Gasteiger partial charge in [-0.1, -0.05) is 6.07 Å². The summed E-state index contributed by atoms with van der Waals surface area (Å²) >= 11 is 3.31. The number of nitrogens with zero attached hydrogens (tertiary/aromatic N) is 3. The van der Waals surface area contributed by atoms with Crippen molar-refractivity contribution in [3.05, 3.63) is 46.7 Å². The average molecular weight is 260 g/mol. The molecular formula is C11H6BrN3. The molecule has 0 saturated carbocycles. The molecule has 0 aliphatic heterocycles. The Hall–Kier alpha value is -1.73. The molecule has 3 nitrogen and oxygen atoms in total. The van der Waals surface area contributed by atoms with E-state index in [0.29, 0.717) is 11.4 Å². The third-order valence-electron chi connectivity index (χ3n) is 1.85. The molecule has 2 aromatic heterocycles. The van der Waals surface area contributed by atoms with Crippen LogP contribution in [-0.4, -0.2) is 9.97 Å². The molecule has 0 aliphatic rings. The van der Waals surface area contributed by atoms with Crippen LogP contribution >= 0.6 is 15.9 Å². The molecule has 0 bridgehead atoms. The van der Waals surface area contributed by atoms with Gasteiger partial charge in [-0.05, 0) is 40.2 Å². The van der Waals surface area contributed by atoms with Crippen LogP contribution in [0.25, 0.3) is 11.4 Å². The monoisotopic (exact) mass is 259 g/mol. The lowest BCUT2D eigenvalue weighted by Crippen LogP contribution is -1.89. The fraction of sp³-hybridized carbons (Fsp3) is 0. The number of halogens is 1. The van der Waals surface area contributed by atoms with Gasteiger partial charge in [0, 0.05) is 10.7 Å². The standard InChI is InChI=1S/C11H6BrN3/c12-8-4-5-10(14-7-8)11-3-1-2-9(6-13)15-11/h1-5,7H. The van der Waals surface area contributed by atoms with Gasteiger partial charge in [0.1, 0.15) is 11.8 Å². The van der Waals surface area contributed by atoms with Gasteiger partial charge in [-0.25, -0.2) is 4.98 Å². The first kappa shape index (κ1) is 9.81. The zero-order chi connectivity index (χ0) is 10.7. The van der Waals surface area contributed by atoms with Crippen molar-refractivity contribution in [3.63, 3.8) is 0 Å². The van der Waals surface area contributed by atoms with Gasteiger partial charge in [0.2, 0.25) is 0 Å². The van der Waals surface area contributed by atoms with Crippen LogP contribution in [0.3, 0.4) is 0 Å². The summed E-state index contributed by atoms with van der Waals surface area (Å²) in [6, 6.07) is 11.0. The molecule has 2 heterocycles. The van der Waals surface area contributed by atoms with E-state index >= 15 is 0 Å². The van der Waals surface area contributed by atoms with Crippen LogP contribution in [0.1, 0.15) is 5.69 Å². The Morgan fingerprint density at radius 3 is 2.67 bits per heavy atom. The lowest BCUT2D eigenvalue weighted by molar-refractivity contribution is 1.21. The smallest absolute Gasteiger partial charge is 0.141 e. The van der Waals surface area contributed by atoms with Crippen LogP contribution in [0.2, 0.25) is 0 Å². The molecule has 4 heteroatoms. The van der Waals surface area contributed by atoms with Gasteiger partial charge in [-0.15, -0.1) is 0 Å². The summed E-state index contributed by atoms with van der Waals surface area (Å²) in [6.45, 7) is 0. The normalized spacial score (nSPS) is 9.60. The van der Waals surface area contributed by atoms with E-state index in [9.17, 15) is 0 Å². The van der Waals surface area contributed by atoms with Crippen LogP contribution in [0, 0.1) is 11.3 Å². The van der Waals surface area contributed by atoms with Crippen molar-refractivity contribution in [3.8, 4) is 17.5 Å². The average Bonchev–Trinajstić information content (AvgIpc) is 2.30. The van der Waals surface area contributed by atoms with Gasteiger partial charge in [0.05, 0.1) is 11.4 Å². The Bertz CT molecular complexity index is 514. The van der Waals surface area contributed by atoms with Crippen molar-refractivity contribution in [1.29, 1.82) is 5.26 Å². The van der Waals surface area contributed by atoms with E-state index in [2.05, 4.69) is 25.9 Å². The first-order chi connectivity index (χ1) is 7.29. The number of aromatic nitrogens is 2. The summed E-state index contributed by atoms with van der Waals surface area (Å²) in [5, 5.41) is 8.71. The van der Waals surface area contributed by atoms with Gasteiger partial charge >= 0.3 is 0 Å². The van der Waals surface area contributed by atoms with Gasteiger partial charge in [0.25, 0.3) is 0 Å². The summed E-state index contributed by atoms with van der Waals surface area (Å²) in [5.74, 6) is 0. The van der Waals surface area contributed by atoms with Crippen LogP contribution in [0.4, 0.5) is 0 Å². The minimum absolute atomic E-state index is 0.400. The summed E-state index contributed by atoms with van der Waals surface area (Å²) in [7, 11) is 0. The SMILES string of the molecule is N#Cc1cccc(-c2ccc(Br)cn2)n1. The molecule has 0 radical (unpaired) electrons. The van der Waals surface area contributed by atoms with E-state index in [1.807, 2.05) is 24.3 Å². The molecule has 0 N–H and O–H groups in total. The number of pyridine rings is 2. The summed E-state index contributed by atoms with van der Waals surface area (Å²) < 4.78 is 0.919. The Balaban J connectivity index is 2.46. The highest BCUT2D eigenvalue weighted by molar-refractivity contribution is 9.10. The molecule has 0 aliphatic carbocycles. The highest BCUT2D eigenvalue weighted by Gasteiger charge is 2.01. The molecule has 72 valence electrons. The molecule has 0 fully saturated rings. The van der Waals surface area contributed by atoms with Crippen molar-refractivity contribution in [2.24, 2.45) is 0 Å². The Kier molecular flexibility index (Phi) is 2.75. The summed E-state index contributed by atoms with van der Waals surface area (Å²) in [4.78, 5) is 8.36. The minimum atomic E-state index is 0.400. The zero-order valence-corrected chi connectivity index (χ0v) is 9.27. The Morgan fingerprint density at radius 2 is 2.00 bits per heavy atom. The lowest BCUT2D eigenvalue weighted by atomic mass is 10.2. The maximum atomic E-state index is 8.71. The van der Waals surface area contributed by atoms with E-state index in [4.69, 9.17) is 5.26 Å². The lowest BCUT2D eigenvalue weighted by Gasteiger charge is -1.99. The van der Waals surface area contributed by atoms with Crippen molar-refractivity contribution in [1.82, 2.24) is 9.97 Å². The first-order valence-electron chi connectivity index (χ1n) is 4.28. The fourth-order valence-electron chi connectivity index (χ4n) is 1.17. The number of hydrogen-bond donors (Lipinski definition) is 0. The van der Waals surface area contributed by atoms with Gasteiger partial charge in [0.15, 0.2) is 0 Å². The molecule has 15 heavy (non-hydrogen) atoms. The van der Waals surface area contributed by atoms with Gasteiger partial charge in [-0.3, -0.25) is 4.98 Å². The highest BCUT2D eigenvalue weighted by atomic mass is 79.9. The predicted molar refractivity (Wildman–Crippen MR) is 59.9 cm³/mol. The van der Waals surface area contributed by atoms with E-state index < -0.39 is 0 Å². The van der Waals surface area contributed by atoms with Crippen LogP contribution < -0.4 is 0 Å². The van der Waals surface area contributed by atoms with Crippen molar-refractivity contribution < 1.29 is 0 Å². The molecule has 0 aromatic carbocycles. The minimum Gasteiger partial charge on any atom is -0.253 e. The number of rotatable bonds is 1. The molecule has 0 spiro atoms. The summed E-state index contributed by atoms with van der Waals surface area (Å²) in [6.07, 6.45) is 1.70. The van der Waals surface area contributed by atoms with E-state index in [1.165, 1.54) is 0 Å². The molecule has 0 amide bonds. The maximum Gasteiger partial charge on any atom is 0.141 e. The molecule has 0 saturated heterocycles. The predicted octanol–water partition coefficient (Wildman–Crippen LogP) is 2.78. The van der Waals surface area contributed by atoms with Gasteiger partial charge < -0.3 is 0 Å². The van der Waals surface area contributed by atoms with Crippen molar-refractivity contribution >= 4 is 15.9 Å². The van der Waals surface area contributed by atoms with Crippen LogP contribution in [0.15, 0.2) is 41.0 Å². The first-order valence-corrected chi connectivity index (χ1v) is 5.08. The van der Waals surface area contributed by atoms with Crippen LogP contribution in [-0.2, 0) is 0 Å². The third-order valence-corrected chi connectivity index (χ3v) is 2.32. The van der Waals surface area contributed by atoms with Crippen LogP contribution in [0.5, 0.6) is 0 Å². The van der Waals surface area contributed by atoms with Crippen molar-refractivity contribution in [2.45, 2.75) is 0 Å². The maximum absolute atomic E-state index is 8.71. The zero-order valence-electron chi connectivity index (χ0n) is 7.68. The second kappa shape index (κ2) is 4.20. The molecule has 2 rings (SSSR count). The fourth-order valence-corrected chi connectivity index (χ4v) is 1.40. The highest BCUT2D eigenvalue weighted by Crippen LogP contribution is 2.16. The number of hydrogen-bond acceptors (Lipinski definition) is 3. The largest absolute Gasteiger partial charge is 0.253 e. The van der Waals surface area contributed by atoms with E-state index in [-0.39, 0.29) is 0 Å². The summed E-state index contributed by atoms with van der Waals surface area (Å²) in [5.41, 5.74) is 1.87. The second-order valence-corrected chi connectivity index (χ2v) is 3.80. The van der Waals surface area contributed by atoms with Gasteiger partial charge in [-0.2, -0.15) is 5.26 Å². The van der Waals surface area contributed by atoms with E-state index in [1.54, 1.807) is 18.3 Å². The Morgan fingerprint density at radius 1 is 1.13 bits per heavy atom. The molecule has 0 atom stereocenters. The van der Waals surface area contributed by atoms with E-state index in [0.717, 1.165) is 10.2 Å². The quantitative estimate of drug-likeness (QED) is 0.792.